The maximum Gasteiger partial charge on any atom is 0.306 e. The quantitative estimate of drug-likeness (QED) is 0.0195. The zero-order valence-corrected chi connectivity index (χ0v) is 54.9. The van der Waals surface area contributed by atoms with Crippen molar-refractivity contribution in [1.29, 1.82) is 0 Å². The molecule has 0 fully saturated rings. The second-order valence-electron chi connectivity index (χ2n) is 25.2. The molecule has 0 aliphatic heterocycles. The van der Waals surface area contributed by atoms with Crippen LogP contribution in [0.1, 0.15) is 341 Å². The highest BCUT2D eigenvalue weighted by Crippen LogP contribution is 2.19. The predicted octanol–water partition coefficient (Wildman–Crippen LogP) is 20.4. The van der Waals surface area contributed by atoms with Crippen molar-refractivity contribution in [2.45, 2.75) is 354 Å². The molecule has 0 aliphatic rings. The summed E-state index contributed by atoms with van der Waals surface area (Å²) in [6.45, 7) is 4.70. The molecular weight excluding hydrogens is 1020 g/mol. The summed E-state index contributed by atoms with van der Waals surface area (Å²) >= 11 is 0. The fourth-order valence-electron chi connectivity index (χ4n) is 10.5. The predicted molar refractivity (Wildman–Crippen MR) is 348 cm³/mol. The maximum atomic E-state index is 12.9. The van der Waals surface area contributed by atoms with Crippen LogP contribution in [0.2, 0.25) is 0 Å². The van der Waals surface area contributed by atoms with Crippen molar-refractivity contribution in [3.63, 3.8) is 0 Å². The van der Waals surface area contributed by atoms with Gasteiger partial charge < -0.3 is 33.3 Å². The van der Waals surface area contributed by atoms with Crippen LogP contribution in [0.3, 0.4) is 0 Å². The lowest BCUT2D eigenvalue weighted by atomic mass is 10.0. The number of allylic oxidation sites excluding steroid dienone is 8. The van der Waals surface area contributed by atoms with E-state index in [4.69, 9.17) is 18.9 Å². The number of unbranched alkanes of at least 4 members (excludes halogenated alkanes) is 43. The average molecular weight is 1150 g/mol. The number of rotatable bonds is 66. The molecule has 9 nitrogen and oxygen atoms in total. The molecule has 0 aliphatic carbocycles. The molecule has 0 saturated heterocycles. The van der Waals surface area contributed by atoms with Crippen molar-refractivity contribution in [2.24, 2.45) is 0 Å². The van der Waals surface area contributed by atoms with Crippen molar-refractivity contribution in [2.75, 3.05) is 47.5 Å². The molecule has 0 spiro atoms. The van der Waals surface area contributed by atoms with Gasteiger partial charge in [-0.15, -0.1) is 0 Å². The van der Waals surface area contributed by atoms with Gasteiger partial charge in [0.2, 0.25) is 0 Å². The maximum absolute atomic E-state index is 12.9. The first-order chi connectivity index (χ1) is 40.1. The smallest absolute Gasteiger partial charge is 0.306 e. The van der Waals surface area contributed by atoms with Gasteiger partial charge >= 0.3 is 11.9 Å². The van der Waals surface area contributed by atoms with Crippen molar-refractivity contribution in [3.05, 3.63) is 48.6 Å². The summed E-state index contributed by atoms with van der Waals surface area (Å²) < 4.78 is 22.8. The fraction of sp³-hybridized carbons (Fsp3) is 0.849. The van der Waals surface area contributed by atoms with Gasteiger partial charge in [0.05, 0.1) is 40.3 Å². The Morgan fingerprint density at radius 3 is 1.04 bits per heavy atom. The Morgan fingerprint density at radius 1 is 0.378 bits per heavy atom. The monoisotopic (exact) mass is 1150 g/mol. The third-order valence-electron chi connectivity index (χ3n) is 15.8. The first-order valence-corrected chi connectivity index (χ1v) is 35.3. The van der Waals surface area contributed by atoms with E-state index in [1.54, 1.807) is 0 Å². The SMILES string of the molecule is CC/C=C\C/C=C\C/C=C\C/C=C\CCCCCCCCCCCCCCCCCCCCCCCCCCCCC(=O)OC(COC(=O)CCCCCCCCCCCCCCCCCCCC)COC(OCC[N+](C)(C)C)C(=O)[O-]. The van der Waals surface area contributed by atoms with E-state index in [9.17, 15) is 19.5 Å². The highest BCUT2D eigenvalue weighted by Gasteiger charge is 2.22. The highest BCUT2D eigenvalue weighted by atomic mass is 16.7. The van der Waals surface area contributed by atoms with E-state index in [2.05, 4.69) is 62.5 Å². The lowest BCUT2D eigenvalue weighted by Crippen LogP contribution is -2.44. The Labute approximate surface area is 508 Å². The summed E-state index contributed by atoms with van der Waals surface area (Å²) in [5.41, 5.74) is 0. The van der Waals surface area contributed by atoms with E-state index in [-0.39, 0.29) is 32.2 Å². The highest BCUT2D eigenvalue weighted by molar-refractivity contribution is 5.70. The second-order valence-corrected chi connectivity index (χ2v) is 25.2. The van der Waals surface area contributed by atoms with Gasteiger partial charge in [0, 0.05) is 12.8 Å². The fourth-order valence-corrected chi connectivity index (χ4v) is 10.5. The number of hydrogen-bond donors (Lipinski definition) is 0. The van der Waals surface area contributed by atoms with Gasteiger partial charge in [-0.1, -0.05) is 326 Å². The molecule has 480 valence electrons. The Bertz CT molecular complexity index is 1480. The van der Waals surface area contributed by atoms with Gasteiger partial charge in [-0.25, -0.2) is 0 Å². The molecule has 0 aromatic rings. The lowest BCUT2D eigenvalue weighted by molar-refractivity contribution is -0.870. The van der Waals surface area contributed by atoms with Gasteiger partial charge in [0.25, 0.3) is 0 Å². The van der Waals surface area contributed by atoms with Crippen LogP contribution in [-0.2, 0) is 33.3 Å². The van der Waals surface area contributed by atoms with Gasteiger partial charge in [0.1, 0.15) is 13.2 Å². The first-order valence-electron chi connectivity index (χ1n) is 35.3. The summed E-state index contributed by atoms with van der Waals surface area (Å²) in [6, 6.07) is 0. The number of aliphatic carboxylic acids is 1. The molecule has 82 heavy (non-hydrogen) atoms. The molecule has 0 aromatic carbocycles. The first kappa shape index (κ1) is 79.2. The van der Waals surface area contributed by atoms with E-state index in [0.29, 0.717) is 17.4 Å². The minimum absolute atomic E-state index is 0.151. The average Bonchev–Trinajstić information content (AvgIpc) is 3.45. The zero-order chi connectivity index (χ0) is 59.8. The number of carbonyl (C=O) groups excluding carboxylic acids is 3. The molecule has 0 radical (unpaired) electrons. The zero-order valence-electron chi connectivity index (χ0n) is 54.9. The van der Waals surface area contributed by atoms with Crippen molar-refractivity contribution in [3.8, 4) is 0 Å². The number of nitrogens with zero attached hydrogens (tertiary/aromatic N) is 1. The number of carbonyl (C=O) groups is 3. The summed E-state index contributed by atoms with van der Waals surface area (Å²) in [5, 5.41) is 11.8. The van der Waals surface area contributed by atoms with Crippen LogP contribution < -0.4 is 5.11 Å². The topological polar surface area (TPSA) is 111 Å². The Morgan fingerprint density at radius 2 is 0.695 bits per heavy atom. The van der Waals surface area contributed by atoms with E-state index >= 15 is 0 Å². The summed E-state index contributed by atoms with van der Waals surface area (Å²) in [4.78, 5) is 37.4. The summed E-state index contributed by atoms with van der Waals surface area (Å²) in [6.07, 6.45) is 79.3. The number of carboxylic acids is 1. The molecule has 2 unspecified atom stereocenters. The van der Waals surface area contributed by atoms with E-state index < -0.39 is 24.3 Å². The number of hydrogen-bond acceptors (Lipinski definition) is 8. The molecular formula is C73H135NO8. The largest absolute Gasteiger partial charge is 0.545 e. The number of quaternary nitrogens is 1. The van der Waals surface area contributed by atoms with Crippen LogP contribution in [0.15, 0.2) is 48.6 Å². The van der Waals surface area contributed by atoms with Crippen LogP contribution in [0, 0.1) is 0 Å². The Balaban J connectivity index is 3.95. The Hall–Kier alpha value is -2.75. The van der Waals surface area contributed by atoms with E-state index in [1.807, 2.05) is 21.1 Å². The third kappa shape index (κ3) is 64.8. The van der Waals surface area contributed by atoms with Crippen molar-refractivity contribution < 1.29 is 42.9 Å². The normalized spacial score (nSPS) is 12.9. The number of likely N-dealkylation sites (N-methyl/N-ethyl adjacent to an activating group) is 1. The van der Waals surface area contributed by atoms with Crippen LogP contribution >= 0.6 is 0 Å². The van der Waals surface area contributed by atoms with E-state index in [1.165, 1.54) is 250 Å². The minimum Gasteiger partial charge on any atom is -0.545 e. The molecule has 0 aromatic heterocycles. The number of esters is 2. The van der Waals surface area contributed by atoms with Gasteiger partial charge in [-0.05, 0) is 51.4 Å². The van der Waals surface area contributed by atoms with Crippen molar-refractivity contribution in [1.82, 2.24) is 0 Å². The molecule has 2 atom stereocenters. The standard InChI is InChI=1S/C73H135NO8/c1-6-8-10-12-14-16-18-20-22-24-26-27-28-29-30-31-32-33-34-35-36-37-38-39-40-41-42-43-44-45-46-48-50-52-54-56-58-60-62-64-71(76)82-69(68-81-73(72(77)78)79-66-65-74(3,4)5)67-80-70(75)63-61-59-57-55-53-51-49-47-25-23-21-19-17-15-13-11-9-7-2/h8,10,14,16,20,22,26-27,69,73H,6-7,9,11-13,15,17-19,21,23-25,28-68H2,1-5H3/b10-8-,16-14-,22-20-,27-26-. The second kappa shape index (κ2) is 64.3. The Kier molecular flexibility index (Phi) is 62.1. The van der Waals surface area contributed by atoms with Crippen molar-refractivity contribution >= 4 is 17.9 Å². The van der Waals surface area contributed by atoms with Gasteiger partial charge in [-0.3, -0.25) is 9.59 Å². The molecule has 0 rings (SSSR count). The van der Waals surface area contributed by atoms with Crippen LogP contribution in [0.5, 0.6) is 0 Å². The van der Waals surface area contributed by atoms with Crippen LogP contribution in [-0.4, -0.2) is 82.3 Å². The molecule has 0 N–H and O–H groups in total. The molecule has 9 heteroatoms. The number of carboxylic acid groups (broad SMARTS) is 1. The molecule has 0 bridgehead atoms. The van der Waals surface area contributed by atoms with Gasteiger partial charge in [-0.2, -0.15) is 0 Å². The lowest BCUT2D eigenvalue weighted by Gasteiger charge is -2.26. The molecule has 0 saturated carbocycles. The van der Waals surface area contributed by atoms with Crippen LogP contribution in [0.25, 0.3) is 0 Å². The van der Waals surface area contributed by atoms with Gasteiger partial charge in [0.15, 0.2) is 12.4 Å². The summed E-state index contributed by atoms with van der Waals surface area (Å²) in [5.74, 6) is -2.25. The number of ether oxygens (including phenoxy) is 4. The van der Waals surface area contributed by atoms with E-state index in [0.717, 1.165) is 64.2 Å². The third-order valence-corrected chi connectivity index (χ3v) is 15.8. The van der Waals surface area contributed by atoms with Crippen LogP contribution in [0.4, 0.5) is 0 Å². The minimum atomic E-state index is -1.62. The molecule has 0 heterocycles. The summed E-state index contributed by atoms with van der Waals surface area (Å²) in [7, 11) is 5.94. The molecule has 0 amide bonds.